The van der Waals surface area contributed by atoms with E-state index in [4.69, 9.17) is 0 Å². The van der Waals surface area contributed by atoms with Gasteiger partial charge in [-0.3, -0.25) is 0 Å². The number of hydrogen-bond acceptors (Lipinski definition) is 4. The van der Waals surface area contributed by atoms with Crippen molar-refractivity contribution in [1.29, 1.82) is 0 Å². The van der Waals surface area contributed by atoms with Crippen molar-refractivity contribution in [2.75, 3.05) is 13.1 Å². The van der Waals surface area contributed by atoms with Gasteiger partial charge >= 0.3 is 0 Å². The molecule has 2 unspecified atom stereocenters. The molecule has 2 aliphatic rings. The van der Waals surface area contributed by atoms with Gasteiger partial charge in [0.1, 0.15) is 4.90 Å². The molecule has 0 N–H and O–H groups in total. The molecule has 1 aromatic rings. The van der Waals surface area contributed by atoms with E-state index < -0.39 is 10.0 Å². The van der Waals surface area contributed by atoms with E-state index in [2.05, 4.69) is 11.9 Å². The summed E-state index contributed by atoms with van der Waals surface area (Å²) in [7, 11) is -3.35. The molecule has 3 rings (SSSR count). The van der Waals surface area contributed by atoms with Gasteiger partial charge in [-0.05, 0) is 50.2 Å². The number of hydrogen-bond donors (Lipinski definition) is 0. The number of aromatic nitrogens is 1. The maximum Gasteiger partial charge on any atom is 0.244 e. The molecule has 4 nitrogen and oxygen atoms in total. The minimum absolute atomic E-state index is 0.332. The highest BCUT2D eigenvalue weighted by molar-refractivity contribution is 7.99. The standard InChI is InChI=1S/C16H24N2O2S2/c1-13-5-6-14(11-13)21-16-8-7-15(12-17-16)22(19,20)18-9-3-2-4-10-18/h7-8,12-14H,2-6,9-11H2,1H3. The molecule has 0 spiro atoms. The fourth-order valence-electron chi connectivity index (χ4n) is 3.28. The van der Waals surface area contributed by atoms with E-state index in [1.54, 1.807) is 22.1 Å². The number of nitrogens with zero attached hydrogens (tertiary/aromatic N) is 2. The predicted octanol–water partition coefficient (Wildman–Crippen LogP) is 3.54. The van der Waals surface area contributed by atoms with Gasteiger partial charge in [0, 0.05) is 24.5 Å². The number of piperidine rings is 1. The van der Waals surface area contributed by atoms with Gasteiger partial charge < -0.3 is 0 Å². The first-order valence-electron chi connectivity index (χ1n) is 8.18. The molecule has 122 valence electrons. The Morgan fingerprint density at radius 1 is 1.18 bits per heavy atom. The average molecular weight is 341 g/mol. The van der Waals surface area contributed by atoms with Crippen LogP contribution in [0.25, 0.3) is 0 Å². The van der Waals surface area contributed by atoms with Gasteiger partial charge in [0.05, 0.1) is 5.03 Å². The van der Waals surface area contributed by atoms with Crippen molar-refractivity contribution in [3.05, 3.63) is 18.3 Å². The lowest BCUT2D eigenvalue weighted by Crippen LogP contribution is -2.35. The number of pyridine rings is 1. The van der Waals surface area contributed by atoms with Crippen LogP contribution in [-0.2, 0) is 10.0 Å². The van der Waals surface area contributed by atoms with Crippen LogP contribution in [0, 0.1) is 5.92 Å². The Balaban J connectivity index is 1.68. The molecule has 1 saturated heterocycles. The third-order valence-electron chi connectivity index (χ3n) is 4.60. The largest absolute Gasteiger partial charge is 0.249 e. The summed E-state index contributed by atoms with van der Waals surface area (Å²) in [6, 6.07) is 3.59. The molecule has 6 heteroatoms. The van der Waals surface area contributed by atoms with Gasteiger partial charge in [-0.1, -0.05) is 13.3 Å². The summed E-state index contributed by atoms with van der Waals surface area (Å²) in [5, 5.41) is 1.57. The first-order chi connectivity index (χ1) is 10.6. The molecule has 0 aromatic carbocycles. The molecule has 0 amide bonds. The SMILES string of the molecule is CC1CCC(Sc2ccc(S(=O)(=O)N3CCCCC3)cn2)C1. The molecular formula is C16H24N2O2S2. The molecule has 1 aliphatic heterocycles. The smallest absolute Gasteiger partial charge is 0.244 e. The Hall–Kier alpha value is -0.590. The minimum atomic E-state index is -3.35. The fourth-order valence-corrected chi connectivity index (χ4v) is 6.02. The highest BCUT2D eigenvalue weighted by Gasteiger charge is 2.27. The van der Waals surface area contributed by atoms with Crippen molar-refractivity contribution >= 4 is 21.8 Å². The Bertz CT molecular complexity index is 595. The molecule has 1 saturated carbocycles. The zero-order valence-electron chi connectivity index (χ0n) is 13.1. The van der Waals surface area contributed by atoms with E-state index >= 15 is 0 Å². The molecule has 2 fully saturated rings. The second kappa shape index (κ2) is 6.89. The second-order valence-electron chi connectivity index (χ2n) is 6.45. The van der Waals surface area contributed by atoms with Crippen molar-refractivity contribution in [3.63, 3.8) is 0 Å². The summed E-state index contributed by atoms with van der Waals surface area (Å²) in [6.07, 6.45) is 8.34. The van der Waals surface area contributed by atoms with Crippen LogP contribution >= 0.6 is 11.8 Å². The van der Waals surface area contributed by atoms with E-state index in [0.717, 1.165) is 30.2 Å². The van der Waals surface area contributed by atoms with E-state index in [1.807, 2.05) is 6.07 Å². The van der Waals surface area contributed by atoms with Gasteiger partial charge in [-0.15, -0.1) is 11.8 Å². The molecule has 22 heavy (non-hydrogen) atoms. The summed E-state index contributed by atoms with van der Waals surface area (Å²) < 4.78 is 26.7. The first-order valence-corrected chi connectivity index (χ1v) is 10.5. The van der Waals surface area contributed by atoms with Crippen LogP contribution in [-0.4, -0.2) is 36.0 Å². The van der Waals surface area contributed by atoms with Crippen LogP contribution in [0.5, 0.6) is 0 Å². The highest BCUT2D eigenvalue weighted by atomic mass is 32.2. The summed E-state index contributed by atoms with van der Waals surface area (Å²) >= 11 is 1.79. The number of thioether (sulfide) groups is 1. The lowest BCUT2D eigenvalue weighted by atomic mass is 10.1. The topological polar surface area (TPSA) is 50.3 Å². The summed E-state index contributed by atoms with van der Waals surface area (Å²) in [6.45, 7) is 3.57. The molecule has 1 aliphatic carbocycles. The van der Waals surface area contributed by atoms with Crippen LogP contribution in [0.2, 0.25) is 0 Å². The van der Waals surface area contributed by atoms with Gasteiger partial charge in [0.25, 0.3) is 0 Å². The van der Waals surface area contributed by atoms with Crippen LogP contribution in [0.1, 0.15) is 45.4 Å². The van der Waals surface area contributed by atoms with Crippen LogP contribution < -0.4 is 0 Å². The van der Waals surface area contributed by atoms with Gasteiger partial charge in [-0.25, -0.2) is 13.4 Å². The molecule has 0 radical (unpaired) electrons. The van der Waals surface area contributed by atoms with Gasteiger partial charge in [-0.2, -0.15) is 4.31 Å². The first kappa shape index (κ1) is 16.3. The lowest BCUT2D eigenvalue weighted by Gasteiger charge is -2.25. The maximum atomic E-state index is 12.6. The zero-order chi connectivity index (χ0) is 15.6. The maximum absolute atomic E-state index is 12.6. The van der Waals surface area contributed by atoms with E-state index in [-0.39, 0.29) is 0 Å². The van der Waals surface area contributed by atoms with Crippen LogP contribution in [0.3, 0.4) is 0 Å². The van der Waals surface area contributed by atoms with Crippen molar-refractivity contribution < 1.29 is 8.42 Å². The highest BCUT2D eigenvalue weighted by Crippen LogP contribution is 2.37. The van der Waals surface area contributed by atoms with Crippen molar-refractivity contribution in [1.82, 2.24) is 9.29 Å². The fraction of sp³-hybridized carbons (Fsp3) is 0.688. The molecule has 2 atom stereocenters. The summed E-state index contributed by atoms with van der Waals surface area (Å²) in [5.74, 6) is 0.802. The average Bonchev–Trinajstić information content (AvgIpc) is 2.94. The molecule has 2 heterocycles. The Labute approximate surface area is 137 Å². The zero-order valence-corrected chi connectivity index (χ0v) is 14.7. The van der Waals surface area contributed by atoms with Crippen LogP contribution in [0.4, 0.5) is 0 Å². The Kier molecular flexibility index (Phi) is 5.10. The van der Waals surface area contributed by atoms with E-state index in [9.17, 15) is 8.42 Å². The second-order valence-corrected chi connectivity index (χ2v) is 9.71. The quantitative estimate of drug-likeness (QED) is 0.841. The van der Waals surface area contributed by atoms with Crippen LogP contribution in [0.15, 0.2) is 28.3 Å². The minimum Gasteiger partial charge on any atom is -0.249 e. The Morgan fingerprint density at radius 3 is 2.55 bits per heavy atom. The van der Waals surface area contributed by atoms with Gasteiger partial charge in [0.2, 0.25) is 10.0 Å². The normalized spacial score (nSPS) is 27.1. The third-order valence-corrected chi connectivity index (χ3v) is 7.72. The van der Waals surface area contributed by atoms with Crippen molar-refractivity contribution in [3.8, 4) is 0 Å². The Morgan fingerprint density at radius 2 is 1.95 bits per heavy atom. The number of sulfonamides is 1. The van der Waals surface area contributed by atoms with Crippen molar-refractivity contribution in [2.24, 2.45) is 5.92 Å². The molecule has 0 bridgehead atoms. The molecule has 1 aromatic heterocycles. The monoisotopic (exact) mass is 340 g/mol. The van der Waals surface area contributed by atoms with Gasteiger partial charge in [0.15, 0.2) is 0 Å². The number of rotatable bonds is 4. The van der Waals surface area contributed by atoms with E-state index in [1.165, 1.54) is 25.5 Å². The third kappa shape index (κ3) is 3.66. The van der Waals surface area contributed by atoms with E-state index in [0.29, 0.717) is 23.2 Å². The lowest BCUT2D eigenvalue weighted by molar-refractivity contribution is 0.346. The summed E-state index contributed by atoms with van der Waals surface area (Å²) in [5.41, 5.74) is 0. The molecular weight excluding hydrogens is 316 g/mol. The predicted molar refractivity (Wildman–Crippen MR) is 89.5 cm³/mol. The van der Waals surface area contributed by atoms with Crippen molar-refractivity contribution in [2.45, 2.75) is 60.6 Å². The summed E-state index contributed by atoms with van der Waals surface area (Å²) in [4.78, 5) is 4.72.